The van der Waals surface area contributed by atoms with Gasteiger partial charge < -0.3 is 17.7 Å². The minimum Gasteiger partial charge on any atom is -0.449 e. The van der Waals surface area contributed by atoms with Crippen molar-refractivity contribution in [3.8, 4) is 0 Å². The van der Waals surface area contributed by atoms with Gasteiger partial charge in [0.15, 0.2) is 0 Å². The third kappa shape index (κ3) is 1.65. The van der Waals surface area contributed by atoms with Crippen molar-refractivity contribution in [2.75, 3.05) is 6.61 Å². The lowest BCUT2D eigenvalue weighted by Crippen LogP contribution is -2.24. The maximum absolute atomic E-state index is 11.9. The van der Waals surface area contributed by atoms with E-state index in [0.717, 1.165) is 0 Å². The summed E-state index contributed by atoms with van der Waals surface area (Å²) in [5.74, 6) is -1.17. The summed E-state index contributed by atoms with van der Waals surface area (Å²) < 4.78 is 40.5. The Labute approximate surface area is 57.6 Å². The van der Waals surface area contributed by atoms with Crippen LogP contribution in [-0.2, 0) is 4.74 Å². The Morgan fingerprint density at radius 3 is 2.20 bits per heavy atom. The molecule has 1 heterocycles. The van der Waals surface area contributed by atoms with Gasteiger partial charge in [-0.25, -0.2) is 0 Å². The molecule has 5 heteroatoms. The zero-order valence-corrected chi connectivity index (χ0v) is 5.69. The van der Waals surface area contributed by atoms with Crippen LogP contribution >= 0.6 is 0 Å². The largest absolute Gasteiger partial charge is 0.483 e. The summed E-state index contributed by atoms with van der Waals surface area (Å²) in [4.78, 5) is 0. The molecular weight excluding hydrogens is 144 g/mol. The molecule has 0 N–H and O–H groups in total. The van der Waals surface area contributed by atoms with Gasteiger partial charge in [0.1, 0.15) is 0 Å². The summed E-state index contributed by atoms with van der Waals surface area (Å²) in [6.45, 7) is -3.13. The van der Waals surface area contributed by atoms with E-state index in [-0.39, 0.29) is 19.1 Å². The molecule has 0 aromatic rings. The fraction of sp³-hybridized carbons (Fsp3) is 1.00. The second-order valence-electron chi connectivity index (χ2n) is 2.77. The zero-order chi connectivity index (χ0) is 7.78. The maximum atomic E-state index is 11.9. The molecule has 1 nitrogen and oxygen atoms in total. The zero-order valence-electron chi connectivity index (χ0n) is 5.69. The van der Waals surface area contributed by atoms with Gasteiger partial charge in [-0.15, -0.1) is 0 Å². The molecule has 0 aromatic carbocycles. The van der Waals surface area contributed by atoms with E-state index in [2.05, 4.69) is 0 Å². The Kier molecular flexibility index (Phi) is 1.94. The Morgan fingerprint density at radius 1 is 1.40 bits per heavy atom. The third-order valence-electron chi connectivity index (χ3n) is 1.76. The van der Waals surface area contributed by atoms with E-state index in [9.17, 15) is 12.9 Å². The molecule has 1 saturated heterocycles. The van der Waals surface area contributed by atoms with E-state index in [1.54, 1.807) is 6.92 Å². The predicted octanol–water partition coefficient (Wildman–Crippen LogP) is 2.01. The van der Waals surface area contributed by atoms with Gasteiger partial charge >= 0.3 is 6.98 Å². The van der Waals surface area contributed by atoms with E-state index >= 15 is 0 Å². The molecule has 1 rings (SSSR count). The van der Waals surface area contributed by atoms with Gasteiger partial charge in [0.05, 0.1) is 6.10 Å². The normalized spacial score (nSPS) is 34.8. The average Bonchev–Trinajstić information content (AvgIpc) is 2.11. The molecule has 1 aliphatic heterocycles. The summed E-state index contributed by atoms with van der Waals surface area (Å²) in [6, 6.07) is 0. The number of ether oxygens (including phenoxy) is 1. The highest BCUT2D eigenvalue weighted by Crippen LogP contribution is 2.35. The second-order valence-corrected chi connectivity index (χ2v) is 2.77. The van der Waals surface area contributed by atoms with Crippen LogP contribution < -0.4 is 0 Å². The maximum Gasteiger partial charge on any atom is 0.483 e. The van der Waals surface area contributed by atoms with Crippen LogP contribution in [0.15, 0.2) is 0 Å². The second kappa shape index (κ2) is 2.45. The molecule has 0 aliphatic carbocycles. The molecule has 0 aromatic heterocycles. The highest BCUT2D eigenvalue weighted by Gasteiger charge is 2.39. The first-order valence-electron chi connectivity index (χ1n) is 3.31. The molecule has 2 atom stereocenters. The first kappa shape index (κ1) is 7.92. The molecular formula is C5H9BF3O-. The van der Waals surface area contributed by atoms with Gasteiger partial charge in [-0.1, -0.05) is 0 Å². The van der Waals surface area contributed by atoms with Gasteiger partial charge in [-0.2, -0.15) is 0 Å². The lowest BCUT2D eigenvalue weighted by Gasteiger charge is -2.19. The molecule has 0 saturated carbocycles. The van der Waals surface area contributed by atoms with Gasteiger partial charge in [0.2, 0.25) is 0 Å². The van der Waals surface area contributed by atoms with Gasteiger partial charge in [0.25, 0.3) is 0 Å². The fourth-order valence-corrected chi connectivity index (χ4v) is 1.11. The van der Waals surface area contributed by atoms with Crippen molar-refractivity contribution in [1.29, 1.82) is 0 Å². The summed E-state index contributed by atoms with van der Waals surface area (Å²) >= 11 is 0. The quantitative estimate of drug-likeness (QED) is 0.523. The van der Waals surface area contributed by atoms with Crippen LogP contribution in [0.5, 0.6) is 0 Å². The van der Waals surface area contributed by atoms with Crippen molar-refractivity contribution >= 4 is 6.98 Å². The molecule has 0 amide bonds. The average molecular weight is 153 g/mol. The molecule has 0 spiro atoms. The lowest BCUT2D eigenvalue weighted by atomic mass is 9.71. The lowest BCUT2D eigenvalue weighted by molar-refractivity contribution is 0.124. The van der Waals surface area contributed by atoms with Crippen LogP contribution in [0.2, 0.25) is 5.82 Å². The van der Waals surface area contributed by atoms with Gasteiger partial charge in [-0.3, -0.25) is 0 Å². The van der Waals surface area contributed by atoms with Crippen LogP contribution in [0.1, 0.15) is 13.3 Å². The first-order chi connectivity index (χ1) is 4.50. The summed E-state index contributed by atoms with van der Waals surface area (Å²) in [6.07, 6.45) is -0.0720. The van der Waals surface area contributed by atoms with Crippen molar-refractivity contribution in [3.63, 3.8) is 0 Å². The van der Waals surface area contributed by atoms with Crippen molar-refractivity contribution in [2.24, 2.45) is 0 Å². The van der Waals surface area contributed by atoms with Crippen LogP contribution in [0.3, 0.4) is 0 Å². The number of rotatable bonds is 1. The van der Waals surface area contributed by atoms with Crippen LogP contribution in [0.25, 0.3) is 0 Å². The summed E-state index contributed by atoms with van der Waals surface area (Å²) in [7, 11) is 0. The van der Waals surface area contributed by atoms with E-state index in [1.165, 1.54) is 0 Å². The molecule has 60 valence electrons. The minimum absolute atomic E-state index is 0.134. The number of halogens is 3. The standard InChI is InChI=1S/C5H9BF3O/c1-4-2-5(3-10-4)6(7,8)9/h4-5H,2-3H2,1H3/q-1. The molecule has 0 bridgehead atoms. The third-order valence-corrected chi connectivity index (χ3v) is 1.76. The molecule has 2 unspecified atom stereocenters. The van der Waals surface area contributed by atoms with Crippen molar-refractivity contribution in [2.45, 2.75) is 25.3 Å². The van der Waals surface area contributed by atoms with E-state index in [0.29, 0.717) is 0 Å². The summed E-state index contributed by atoms with van der Waals surface area (Å²) in [5, 5.41) is 0. The molecule has 10 heavy (non-hydrogen) atoms. The Balaban J connectivity index is 2.45. The number of hydrogen-bond acceptors (Lipinski definition) is 1. The van der Waals surface area contributed by atoms with Crippen molar-refractivity contribution in [3.05, 3.63) is 0 Å². The Bertz CT molecular complexity index is 125. The van der Waals surface area contributed by atoms with Gasteiger partial charge in [0, 0.05) is 6.61 Å². The SMILES string of the molecule is CC1CC([B-](F)(F)F)CO1. The number of hydrogen-bond donors (Lipinski definition) is 0. The van der Waals surface area contributed by atoms with Gasteiger partial charge in [-0.05, 0) is 19.2 Å². The molecule has 0 radical (unpaired) electrons. The highest BCUT2D eigenvalue weighted by atomic mass is 19.4. The monoisotopic (exact) mass is 153 g/mol. The van der Waals surface area contributed by atoms with Crippen molar-refractivity contribution < 1.29 is 17.7 Å². The Morgan fingerprint density at radius 2 is 2.00 bits per heavy atom. The summed E-state index contributed by atoms with van der Waals surface area (Å²) in [5.41, 5.74) is 0. The van der Waals surface area contributed by atoms with E-state index in [4.69, 9.17) is 4.74 Å². The Hall–Kier alpha value is -0.185. The fourth-order valence-electron chi connectivity index (χ4n) is 1.11. The van der Waals surface area contributed by atoms with E-state index in [1.807, 2.05) is 0 Å². The molecule has 1 aliphatic rings. The predicted molar refractivity (Wildman–Crippen MR) is 32.9 cm³/mol. The van der Waals surface area contributed by atoms with Crippen LogP contribution in [0.4, 0.5) is 12.9 Å². The first-order valence-corrected chi connectivity index (χ1v) is 3.31. The molecule has 1 fully saturated rings. The highest BCUT2D eigenvalue weighted by molar-refractivity contribution is 6.60. The smallest absolute Gasteiger partial charge is 0.449 e. The van der Waals surface area contributed by atoms with Crippen LogP contribution in [-0.4, -0.2) is 19.7 Å². The topological polar surface area (TPSA) is 9.23 Å². The van der Waals surface area contributed by atoms with Crippen LogP contribution in [0, 0.1) is 0 Å². The van der Waals surface area contributed by atoms with Crippen molar-refractivity contribution in [1.82, 2.24) is 0 Å². The minimum atomic E-state index is -4.66. The van der Waals surface area contributed by atoms with E-state index < -0.39 is 12.8 Å².